The minimum absolute atomic E-state index is 0.0568. The molecular weight excluding hydrogens is 300 g/mol. The van der Waals surface area contributed by atoms with Crippen molar-refractivity contribution in [2.45, 2.75) is 25.8 Å². The average Bonchev–Trinajstić information content (AvgIpc) is 2.46. The van der Waals surface area contributed by atoms with Crippen molar-refractivity contribution < 1.29 is 19.5 Å². The third-order valence-electron chi connectivity index (χ3n) is 2.98. The van der Waals surface area contributed by atoms with Crippen molar-refractivity contribution in [1.29, 1.82) is 5.41 Å². The van der Waals surface area contributed by atoms with E-state index in [9.17, 15) is 14.4 Å². The first-order chi connectivity index (χ1) is 10.8. The zero-order valence-electron chi connectivity index (χ0n) is 12.8. The molecule has 1 rings (SSSR count). The Bertz CT molecular complexity index is 598. The highest BCUT2D eigenvalue weighted by Gasteiger charge is 2.11. The Morgan fingerprint density at radius 2 is 1.78 bits per heavy atom. The van der Waals surface area contributed by atoms with Crippen molar-refractivity contribution in [3.8, 4) is 0 Å². The summed E-state index contributed by atoms with van der Waals surface area (Å²) in [5.41, 5.74) is 6.24. The Kier molecular flexibility index (Phi) is 6.72. The van der Waals surface area contributed by atoms with Crippen LogP contribution in [0.3, 0.4) is 0 Å². The number of amides is 2. The van der Waals surface area contributed by atoms with Crippen LogP contribution in [-0.2, 0) is 9.59 Å². The third-order valence-corrected chi connectivity index (χ3v) is 2.98. The van der Waals surface area contributed by atoms with Crippen LogP contribution in [0.1, 0.15) is 35.7 Å². The summed E-state index contributed by atoms with van der Waals surface area (Å²) in [4.78, 5) is 33.9. The molecule has 1 aromatic rings. The number of nitrogens with one attached hydrogen (secondary N) is 3. The molecule has 0 unspecified atom stereocenters. The van der Waals surface area contributed by atoms with E-state index in [1.807, 2.05) is 0 Å². The van der Waals surface area contributed by atoms with E-state index in [0.29, 0.717) is 11.1 Å². The molecule has 0 aromatic heterocycles. The molecule has 1 aromatic carbocycles. The van der Waals surface area contributed by atoms with Crippen LogP contribution in [0.2, 0.25) is 0 Å². The zero-order chi connectivity index (χ0) is 17.4. The van der Waals surface area contributed by atoms with Gasteiger partial charge in [0.05, 0.1) is 6.42 Å². The minimum atomic E-state index is -0.986. The molecule has 2 amide bonds. The molecule has 1 atom stereocenters. The van der Waals surface area contributed by atoms with Gasteiger partial charge in [-0.25, -0.2) is 0 Å². The van der Waals surface area contributed by atoms with Gasteiger partial charge in [-0.3, -0.25) is 19.8 Å². The lowest BCUT2D eigenvalue weighted by Gasteiger charge is -2.11. The molecule has 0 aliphatic rings. The predicted molar refractivity (Wildman–Crippen MR) is 84.3 cm³/mol. The van der Waals surface area contributed by atoms with Crippen LogP contribution in [0.15, 0.2) is 24.3 Å². The molecule has 0 fully saturated rings. The molecule has 0 heterocycles. The van der Waals surface area contributed by atoms with Gasteiger partial charge in [0, 0.05) is 30.1 Å². The number of hydrogen-bond donors (Lipinski definition) is 5. The van der Waals surface area contributed by atoms with Crippen molar-refractivity contribution >= 4 is 23.6 Å². The van der Waals surface area contributed by atoms with Crippen LogP contribution in [0, 0.1) is 5.41 Å². The molecule has 124 valence electrons. The maximum absolute atomic E-state index is 11.9. The maximum Gasteiger partial charge on any atom is 0.305 e. The van der Waals surface area contributed by atoms with Crippen molar-refractivity contribution in [2.75, 3.05) is 6.54 Å². The molecular formula is C15H20N4O4. The number of carboxylic acids is 1. The first-order valence-corrected chi connectivity index (χ1v) is 7.03. The van der Waals surface area contributed by atoms with E-state index >= 15 is 0 Å². The Hall–Kier alpha value is -2.90. The van der Waals surface area contributed by atoms with E-state index < -0.39 is 12.0 Å². The smallest absolute Gasteiger partial charge is 0.305 e. The van der Waals surface area contributed by atoms with Gasteiger partial charge < -0.3 is 21.5 Å². The van der Waals surface area contributed by atoms with Crippen molar-refractivity contribution in [1.82, 2.24) is 10.6 Å². The van der Waals surface area contributed by atoms with Crippen molar-refractivity contribution in [3.05, 3.63) is 35.4 Å². The molecule has 0 saturated carbocycles. The SMILES string of the molecule is C[C@H](CC(=O)O)NC(=O)CCNC(=O)c1ccc(C(=N)N)cc1. The fraction of sp³-hybridized carbons (Fsp3) is 0.333. The van der Waals surface area contributed by atoms with Gasteiger partial charge in [0.2, 0.25) is 5.91 Å². The van der Waals surface area contributed by atoms with E-state index in [-0.39, 0.29) is 37.0 Å². The molecule has 23 heavy (non-hydrogen) atoms. The zero-order valence-corrected chi connectivity index (χ0v) is 12.8. The summed E-state index contributed by atoms with van der Waals surface area (Å²) in [7, 11) is 0. The van der Waals surface area contributed by atoms with Gasteiger partial charge in [-0.05, 0) is 19.1 Å². The quantitative estimate of drug-likeness (QED) is 0.340. The normalized spacial score (nSPS) is 11.3. The molecule has 8 heteroatoms. The highest BCUT2D eigenvalue weighted by molar-refractivity contribution is 5.98. The molecule has 0 aliphatic carbocycles. The Morgan fingerprint density at radius 1 is 1.22 bits per heavy atom. The number of amidine groups is 1. The first kappa shape index (κ1) is 18.1. The number of nitrogens with two attached hydrogens (primary N) is 1. The summed E-state index contributed by atoms with van der Waals surface area (Å²) in [5, 5.41) is 21.0. The molecule has 0 saturated heterocycles. The number of benzene rings is 1. The van der Waals surface area contributed by atoms with Crippen LogP contribution < -0.4 is 16.4 Å². The number of aliphatic carboxylic acids is 1. The second-order valence-corrected chi connectivity index (χ2v) is 5.06. The molecule has 8 nitrogen and oxygen atoms in total. The third kappa shape index (κ3) is 6.60. The second-order valence-electron chi connectivity index (χ2n) is 5.06. The number of carbonyl (C=O) groups excluding carboxylic acids is 2. The Balaban J connectivity index is 2.37. The van der Waals surface area contributed by atoms with E-state index in [4.69, 9.17) is 16.2 Å². The summed E-state index contributed by atoms with van der Waals surface area (Å²) in [6.45, 7) is 1.74. The van der Waals surface area contributed by atoms with Crippen LogP contribution in [0.25, 0.3) is 0 Å². The lowest BCUT2D eigenvalue weighted by molar-refractivity contribution is -0.137. The van der Waals surface area contributed by atoms with E-state index in [1.165, 1.54) is 0 Å². The average molecular weight is 320 g/mol. The molecule has 0 spiro atoms. The highest BCUT2D eigenvalue weighted by atomic mass is 16.4. The predicted octanol–water partition coefficient (Wildman–Crippen LogP) is 0.0700. The Labute approximate surface area is 133 Å². The number of carboxylic acid groups (broad SMARTS) is 1. The standard InChI is InChI=1S/C15H20N4O4/c1-9(8-13(21)22)19-12(20)6-7-18-15(23)11-4-2-10(3-5-11)14(16)17/h2-5,9H,6-8H2,1H3,(H3,16,17)(H,18,23)(H,19,20)(H,21,22)/t9-/m1/s1. The topological polar surface area (TPSA) is 145 Å². The summed E-state index contributed by atoms with van der Waals surface area (Å²) >= 11 is 0. The summed E-state index contributed by atoms with van der Waals surface area (Å²) in [6.07, 6.45) is -0.0954. The fourth-order valence-corrected chi connectivity index (χ4v) is 1.85. The fourth-order valence-electron chi connectivity index (χ4n) is 1.85. The van der Waals surface area contributed by atoms with Gasteiger partial charge in [-0.2, -0.15) is 0 Å². The van der Waals surface area contributed by atoms with Gasteiger partial charge in [-0.15, -0.1) is 0 Å². The van der Waals surface area contributed by atoms with Crippen LogP contribution in [0.4, 0.5) is 0 Å². The molecule has 0 bridgehead atoms. The highest BCUT2D eigenvalue weighted by Crippen LogP contribution is 2.03. The summed E-state index contributed by atoms with van der Waals surface area (Å²) in [5.74, 6) is -1.73. The lowest BCUT2D eigenvalue weighted by atomic mass is 10.1. The Morgan fingerprint density at radius 3 is 2.30 bits per heavy atom. The number of carbonyl (C=O) groups is 3. The number of rotatable bonds is 8. The van der Waals surface area contributed by atoms with E-state index in [2.05, 4.69) is 10.6 Å². The summed E-state index contributed by atoms with van der Waals surface area (Å²) in [6, 6.07) is 5.76. The largest absolute Gasteiger partial charge is 0.481 e. The summed E-state index contributed by atoms with van der Waals surface area (Å²) < 4.78 is 0. The second kappa shape index (κ2) is 8.52. The molecule has 0 aliphatic heterocycles. The van der Waals surface area contributed by atoms with Gasteiger partial charge in [0.15, 0.2) is 0 Å². The molecule has 6 N–H and O–H groups in total. The van der Waals surface area contributed by atoms with Crippen LogP contribution in [-0.4, -0.2) is 41.3 Å². The van der Waals surface area contributed by atoms with E-state index in [1.54, 1.807) is 31.2 Å². The maximum atomic E-state index is 11.9. The van der Waals surface area contributed by atoms with Crippen LogP contribution >= 0.6 is 0 Å². The first-order valence-electron chi connectivity index (χ1n) is 7.03. The molecule has 0 radical (unpaired) electrons. The van der Waals surface area contributed by atoms with Crippen molar-refractivity contribution in [2.24, 2.45) is 5.73 Å². The monoisotopic (exact) mass is 320 g/mol. The van der Waals surface area contributed by atoms with Crippen molar-refractivity contribution in [3.63, 3.8) is 0 Å². The van der Waals surface area contributed by atoms with Gasteiger partial charge in [-0.1, -0.05) is 12.1 Å². The number of hydrogen-bond acceptors (Lipinski definition) is 4. The number of nitrogen functional groups attached to an aromatic ring is 1. The van der Waals surface area contributed by atoms with Gasteiger partial charge in [0.25, 0.3) is 5.91 Å². The van der Waals surface area contributed by atoms with E-state index in [0.717, 1.165) is 0 Å². The lowest BCUT2D eigenvalue weighted by Crippen LogP contribution is -2.36. The van der Waals surface area contributed by atoms with Crippen LogP contribution in [0.5, 0.6) is 0 Å². The van der Waals surface area contributed by atoms with Gasteiger partial charge in [0.1, 0.15) is 5.84 Å². The van der Waals surface area contributed by atoms with Gasteiger partial charge >= 0.3 is 5.97 Å². The minimum Gasteiger partial charge on any atom is -0.481 e.